The van der Waals surface area contributed by atoms with E-state index in [9.17, 15) is 19.2 Å². The number of aromatic nitrogens is 5. The van der Waals surface area contributed by atoms with Gasteiger partial charge in [0.25, 0.3) is 0 Å². The van der Waals surface area contributed by atoms with Crippen molar-refractivity contribution in [1.29, 1.82) is 0 Å². The van der Waals surface area contributed by atoms with Crippen molar-refractivity contribution in [2.75, 3.05) is 78.9 Å². The Balaban J connectivity index is 0.712. The van der Waals surface area contributed by atoms with Gasteiger partial charge in [0.15, 0.2) is 11.6 Å². The van der Waals surface area contributed by atoms with Crippen molar-refractivity contribution in [1.82, 2.24) is 44.5 Å². The number of fused-ring (bicyclic) bond motifs is 3. The van der Waals surface area contributed by atoms with Crippen molar-refractivity contribution >= 4 is 69.4 Å². The highest BCUT2D eigenvalue weighted by molar-refractivity contribution is 6.10. The predicted octanol–water partition coefficient (Wildman–Crippen LogP) is 7.18. The molecule has 0 unspecified atom stereocenters. The lowest BCUT2D eigenvalue weighted by molar-refractivity contribution is -0.144. The molecule has 7 aliphatic rings. The summed E-state index contributed by atoms with van der Waals surface area (Å²) < 4.78 is 17.1. The second kappa shape index (κ2) is 19.9. The molecule has 2 N–H and O–H groups in total. The van der Waals surface area contributed by atoms with Gasteiger partial charge in [0, 0.05) is 99.6 Å². The molecule has 10 heterocycles. The van der Waals surface area contributed by atoms with Crippen LogP contribution in [0, 0.1) is 17.7 Å². The summed E-state index contributed by atoms with van der Waals surface area (Å²) in [5.41, 5.74) is 5.35. The van der Waals surface area contributed by atoms with Crippen LogP contribution in [-0.2, 0) is 24.6 Å². The van der Waals surface area contributed by atoms with Gasteiger partial charge in [0.2, 0.25) is 23.6 Å². The number of nitrogens with one attached hydrogen (secondary N) is 2. The molecule has 5 saturated heterocycles. The first kappa shape index (κ1) is 48.9. The molecule has 6 aliphatic heterocycles. The lowest BCUT2D eigenvalue weighted by Gasteiger charge is -2.48. The van der Waals surface area contributed by atoms with Gasteiger partial charge in [0.1, 0.15) is 11.3 Å². The van der Waals surface area contributed by atoms with Crippen LogP contribution in [0.2, 0.25) is 0 Å². The Morgan fingerprint density at radius 1 is 0.787 bits per heavy atom. The van der Waals surface area contributed by atoms with E-state index in [1.807, 2.05) is 26.5 Å². The van der Waals surface area contributed by atoms with Crippen LogP contribution in [0.1, 0.15) is 103 Å². The van der Waals surface area contributed by atoms with Crippen LogP contribution >= 0.6 is 0 Å². The topological polar surface area (TPSA) is 185 Å². The standard InChI is InChI=1S/C56H66FN13O5/c1-35(2)69-34-60-46-31-45(62-51(50(46)69)61-44-10-18-58-33-43(44)57)38-6-8-42-47(28-38)70(41-29-40(30-41)64-19-4-3-5-20-64)54(74)56(42)16-26-67(27-17-56)53(73)37-13-23-66(24-14-37)52(72)36-11-21-65(22-12-36)39-7-9-48(59-32-39)68-25-15-49(71)63-55(68)75/h6-10,18,28,31-37,40-41H,3-5,11-17,19-27,29-30H2,1-2H3,(H,58,61,62)(H,63,71,75). The number of hydrogen-bond acceptors (Lipinski definition) is 12. The number of urea groups is 1. The minimum Gasteiger partial charge on any atom is -0.370 e. The second-order valence-corrected chi connectivity index (χ2v) is 22.1. The number of imidazole rings is 1. The number of benzene rings is 1. The lowest BCUT2D eigenvalue weighted by Crippen LogP contribution is -2.58. The molecular weight excluding hydrogens is 954 g/mol. The summed E-state index contributed by atoms with van der Waals surface area (Å²) in [6.07, 6.45) is 15.8. The highest BCUT2D eigenvalue weighted by Crippen LogP contribution is 2.52. The lowest BCUT2D eigenvalue weighted by atomic mass is 9.73. The maximum atomic E-state index is 15.3. The van der Waals surface area contributed by atoms with Crippen molar-refractivity contribution in [2.24, 2.45) is 11.8 Å². The summed E-state index contributed by atoms with van der Waals surface area (Å²) in [5.74, 6) is 0.359. The van der Waals surface area contributed by atoms with E-state index in [-0.39, 0.29) is 59.7 Å². The molecule has 0 radical (unpaired) electrons. The fourth-order valence-corrected chi connectivity index (χ4v) is 13.1. The third-order valence-electron chi connectivity index (χ3n) is 17.5. The summed E-state index contributed by atoms with van der Waals surface area (Å²) in [5, 5.41) is 5.58. The number of amides is 6. The zero-order chi connectivity index (χ0) is 51.5. The number of likely N-dealkylation sites (tertiary alicyclic amines) is 3. The van der Waals surface area contributed by atoms with Crippen molar-refractivity contribution in [3.63, 3.8) is 0 Å². The zero-order valence-electron chi connectivity index (χ0n) is 42.9. The summed E-state index contributed by atoms with van der Waals surface area (Å²) in [7, 11) is 0. The maximum absolute atomic E-state index is 15.3. The van der Waals surface area contributed by atoms with E-state index < -0.39 is 17.3 Å². The Bertz CT molecular complexity index is 3020. The number of hydrogen-bond donors (Lipinski definition) is 2. The Labute approximate surface area is 436 Å². The second-order valence-electron chi connectivity index (χ2n) is 22.1. The number of nitrogens with zero attached hydrogens (tertiary/aromatic N) is 11. The molecule has 392 valence electrons. The Kier molecular flexibility index (Phi) is 13.0. The fraction of sp³-hybridized carbons (Fsp3) is 0.518. The third kappa shape index (κ3) is 9.03. The number of pyridine rings is 3. The third-order valence-corrected chi connectivity index (χ3v) is 17.5. The van der Waals surface area contributed by atoms with Crippen LogP contribution in [0.25, 0.3) is 22.3 Å². The number of carbonyl (C=O) groups excluding carboxylic acids is 5. The number of rotatable bonds is 10. The van der Waals surface area contributed by atoms with Gasteiger partial charge in [-0.3, -0.25) is 34.4 Å². The molecule has 5 aromatic rings. The molecule has 6 fully saturated rings. The van der Waals surface area contributed by atoms with E-state index in [1.165, 1.54) is 30.4 Å². The average molecular weight is 1020 g/mol. The van der Waals surface area contributed by atoms with Crippen LogP contribution < -0.4 is 25.3 Å². The fourth-order valence-electron chi connectivity index (χ4n) is 13.1. The molecular formula is C56H66FN13O5. The Morgan fingerprint density at radius 3 is 2.19 bits per heavy atom. The van der Waals surface area contributed by atoms with Crippen molar-refractivity contribution in [3.05, 3.63) is 78.8 Å². The first-order valence-electron chi connectivity index (χ1n) is 27.3. The maximum Gasteiger partial charge on any atom is 0.329 e. The normalized spacial score (nSPS) is 22.8. The molecule has 1 aliphatic carbocycles. The smallest absolute Gasteiger partial charge is 0.329 e. The van der Waals surface area contributed by atoms with Gasteiger partial charge in [-0.05, 0) is 127 Å². The number of piperidine rings is 4. The van der Waals surface area contributed by atoms with E-state index >= 15 is 9.18 Å². The largest absolute Gasteiger partial charge is 0.370 e. The predicted molar refractivity (Wildman–Crippen MR) is 282 cm³/mol. The van der Waals surface area contributed by atoms with E-state index in [2.05, 4.69) is 67.3 Å². The van der Waals surface area contributed by atoms with Gasteiger partial charge in [0.05, 0.1) is 46.7 Å². The molecule has 6 amide bonds. The Hall–Kier alpha value is -7.02. The molecule has 18 nitrogen and oxygen atoms in total. The number of anilines is 5. The first-order chi connectivity index (χ1) is 36.4. The highest BCUT2D eigenvalue weighted by Gasteiger charge is 2.56. The van der Waals surface area contributed by atoms with Crippen molar-refractivity contribution in [3.8, 4) is 11.3 Å². The van der Waals surface area contributed by atoms with Crippen molar-refractivity contribution in [2.45, 2.75) is 114 Å². The molecule has 0 bridgehead atoms. The molecule has 19 heteroatoms. The van der Waals surface area contributed by atoms with Crippen LogP contribution in [-0.4, -0.2) is 140 Å². The summed E-state index contributed by atoms with van der Waals surface area (Å²) in [6, 6.07) is 13.7. The monoisotopic (exact) mass is 1020 g/mol. The van der Waals surface area contributed by atoms with Crippen LogP contribution in [0.4, 0.5) is 37.9 Å². The van der Waals surface area contributed by atoms with E-state index in [0.717, 1.165) is 72.3 Å². The molecule has 1 spiro atoms. The van der Waals surface area contributed by atoms with E-state index in [0.29, 0.717) is 94.9 Å². The van der Waals surface area contributed by atoms with Crippen LogP contribution in [0.5, 0.6) is 0 Å². The minimum absolute atomic E-state index is 0.0729. The summed E-state index contributed by atoms with van der Waals surface area (Å²) in [6.45, 7) is 10.2. The summed E-state index contributed by atoms with van der Waals surface area (Å²) in [4.78, 5) is 98.0. The molecule has 12 rings (SSSR count). The molecule has 1 saturated carbocycles. The average Bonchev–Trinajstić information content (AvgIpc) is 3.96. The van der Waals surface area contributed by atoms with E-state index in [4.69, 9.17) is 9.97 Å². The number of imide groups is 1. The summed E-state index contributed by atoms with van der Waals surface area (Å²) >= 11 is 0. The SMILES string of the molecule is CC(C)n1cnc2cc(-c3ccc4c(c3)N(C3CC(N5CCCCC5)C3)C(=O)C43CCN(C(=O)C4CCN(C(=O)C5CCN(c6ccc(N7CCC(=O)NC7=O)nc6)CC5)CC4)CC3)nc(Nc3ccncc3F)c21. The molecule has 75 heavy (non-hydrogen) atoms. The van der Waals surface area contributed by atoms with E-state index in [1.54, 1.807) is 30.9 Å². The quantitative estimate of drug-likeness (QED) is 0.144. The molecule has 0 atom stereocenters. The van der Waals surface area contributed by atoms with Crippen LogP contribution in [0.3, 0.4) is 0 Å². The van der Waals surface area contributed by atoms with Gasteiger partial charge in [-0.25, -0.2) is 24.1 Å². The first-order valence-corrected chi connectivity index (χ1v) is 27.3. The Morgan fingerprint density at radius 2 is 1.51 bits per heavy atom. The number of halogens is 1. The highest BCUT2D eigenvalue weighted by atomic mass is 19.1. The minimum atomic E-state index is -0.751. The molecule has 4 aromatic heterocycles. The molecule has 1 aromatic carbocycles. The van der Waals surface area contributed by atoms with Gasteiger partial charge in [-0.15, -0.1) is 0 Å². The van der Waals surface area contributed by atoms with Gasteiger partial charge < -0.3 is 34.4 Å². The van der Waals surface area contributed by atoms with Crippen LogP contribution in [0.15, 0.2) is 67.4 Å². The van der Waals surface area contributed by atoms with Gasteiger partial charge in [-0.2, -0.15) is 0 Å². The van der Waals surface area contributed by atoms with Gasteiger partial charge >= 0.3 is 6.03 Å². The number of carbonyl (C=O) groups is 5. The van der Waals surface area contributed by atoms with Gasteiger partial charge in [-0.1, -0.05) is 18.6 Å². The zero-order valence-corrected chi connectivity index (χ0v) is 42.9. The van der Waals surface area contributed by atoms with Crippen molar-refractivity contribution < 1.29 is 28.4 Å².